The second-order valence-corrected chi connectivity index (χ2v) is 3.69. The minimum Gasteiger partial charge on any atom is -0.350 e. The van der Waals surface area contributed by atoms with Crippen molar-refractivity contribution >= 4 is 17.4 Å². The first-order valence-corrected chi connectivity index (χ1v) is 5.14. The fourth-order valence-electron chi connectivity index (χ4n) is 1.57. The van der Waals surface area contributed by atoms with E-state index in [1.165, 1.54) is 0 Å². The van der Waals surface area contributed by atoms with E-state index in [9.17, 15) is 0 Å². The van der Waals surface area contributed by atoms with Gasteiger partial charge < -0.3 is 10.2 Å². The Morgan fingerprint density at radius 3 is 2.86 bits per heavy atom. The molecule has 2 heterocycles. The fraction of sp³-hybridized carbons (Fsp3) is 0.556. The van der Waals surface area contributed by atoms with Gasteiger partial charge in [-0.3, -0.25) is 4.98 Å². The smallest absolute Gasteiger partial charge is 0.149 e. The van der Waals surface area contributed by atoms with Crippen LogP contribution in [-0.2, 0) is 0 Å². The van der Waals surface area contributed by atoms with Gasteiger partial charge in [0.15, 0.2) is 0 Å². The van der Waals surface area contributed by atoms with Crippen LogP contribution in [0.15, 0.2) is 12.4 Å². The zero-order valence-electron chi connectivity index (χ0n) is 8.07. The van der Waals surface area contributed by atoms with Crippen LogP contribution in [0.5, 0.6) is 0 Å². The Labute approximate surface area is 88.3 Å². The Kier molecular flexibility index (Phi) is 2.84. The molecule has 2 rings (SSSR count). The minimum atomic E-state index is 0.452. The van der Waals surface area contributed by atoms with Crippen molar-refractivity contribution in [1.29, 1.82) is 0 Å². The molecular formula is C9H13ClN4. The highest BCUT2D eigenvalue weighted by Gasteiger charge is 2.24. The van der Waals surface area contributed by atoms with Gasteiger partial charge in [-0.15, -0.1) is 0 Å². The standard InChI is InChI=1S/C9H13ClN4/c1-2-14(7-3-11-4-7)9-6-12-5-8(10)13-9/h5-7,11H,2-4H2,1H3. The molecule has 0 aliphatic carbocycles. The maximum atomic E-state index is 5.80. The zero-order chi connectivity index (χ0) is 9.97. The van der Waals surface area contributed by atoms with Crippen molar-refractivity contribution in [3.05, 3.63) is 17.5 Å². The van der Waals surface area contributed by atoms with E-state index in [0.717, 1.165) is 25.5 Å². The van der Waals surface area contributed by atoms with Crippen LogP contribution in [0.25, 0.3) is 0 Å². The SMILES string of the molecule is CCN(c1cncc(Cl)n1)C1CNC1. The van der Waals surface area contributed by atoms with Crippen LogP contribution in [0.3, 0.4) is 0 Å². The zero-order valence-corrected chi connectivity index (χ0v) is 8.83. The molecule has 0 aromatic carbocycles. The van der Waals surface area contributed by atoms with Gasteiger partial charge >= 0.3 is 0 Å². The lowest BCUT2D eigenvalue weighted by molar-refractivity contribution is 0.415. The third-order valence-corrected chi connectivity index (χ3v) is 2.61. The Hall–Kier alpha value is -0.870. The largest absolute Gasteiger partial charge is 0.350 e. The molecule has 14 heavy (non-hydrogen) atoms. The molecule has 4 nitrogen and oxygen atoms in total. The van der Waals surface area contributed by atoms with Gasteiger partial charge in [0.2, 0.25) is 0 Å². The number of anilines is 1. The Morgan fingerprint density at radius 1 is 1.57 bits per heavy atom. The van der Waals surface area contributed by atoms with E-state index in [2.05, 4.69) is 27.1 Å². The van der Waals surface area contributed by atoms with Crippen LogP contribution in [0.1, 0.15) is 6.92 Å². The topological polar surface area (TPSA) is 41.1 Å². The second-order valence-electron chi connectivity index (χ2n) is 3.30. The number of nitrogens with one attached hydrogen (secondary N) is 1. The molecule has 76 valence electrons. The highest BCUT2D eigenvalue weighted by Crippen LogP contribution is 2.16. The molecule has 0 amide bonds. The summed E-state index contributed by atoms with van der Waals surface area (Å²) in [7, 11) is 0. The van der Waals surface area contributed by atoms with Crippen molar-refractivity contribution in [2.24, 2.45) is 0 Å². The summed E-state index contributed by atoms with van der Waals surface area (Å²) in [6.07, 6.45) is 3.31. The van der Waals surface area contributed by atoms with Gasteiger partial charge in [0.1, 0.15) is 11.0 Å². The number of aromatic nitrogens is 2. The van der Waals surface area contributed by atoms with Crippen molar-refractivity contribution in [3.63, 3.8) is 0 Å². The molecular weight excluding hydrogens is 200 g/mol. The molecule has 0 bridgehead atoms. The first-order valence-electron chi connectivity index (χ1n) is 4.76. The van der Waals surface area contributed by atoms with Crippen LogP contribution in [0.2, 0.25) is 5.15 Å². The molecule has 1 aliphatic heterocycles. The van der Waals surface area contributed by atoms with Crippen molar-refractivity contribution in [1.82, 2.24) is 15.3 Å². The van der Waals surface area contributed by atoms with E-state index in [1.807, 2.05) is 0 Å². The van der Waals surface area contributed by atoms with Crippen LogP contribution >= 0.6 is 11.6 Å². The van der Waals surface area contributed by atoms with Crippen LogP contribution in [-0.4, -0.2) is 35.6 Å². The van der Waals surface area contributed by atoms with Crippen molar-refractivity contribution in [3.8, 4) is 0 Å². The Bertz CT molecular complexity index is 313. The van der Waals surface area contributed by atoms with Gasteiger partial charge in [-0.25, -0.2) is 4.98 Å². The molecule has 1 N–H and O–H groups in total. The molecule has 0 radical (unpaired) electrons. The first kappa shape index (κ1) is 9.68. The van der Waals surface area contributed by atoms with Crippen LogP contribution in [0.4, 0.5) is 5.82 Å². The van der Waals surface area contributed by atoms with E-state index in [4.69, 9.17) is 11.6 Å². The molecule has 1 aromatic heterocycles. The number of halogens is 1. The van der Waals surface area contributed by atoms with E-state index in [-0.39, 0.29) is 0 Å². The monoisotopic (exact) mass is 212 g/mol. The van der Waals surface area contributed by atoms with Gasteiger partial charge in [0.25, 0.3) is 0 Å². The number of likely N-dealkylation sites (N-methyl/N-ethyl adjacent to an activating group) is 1. The molecule has 5 heteroatoms. The molecule has 1 aliphatic rings. The minimum absolute atomic E-state index is 0.452. The molecule has 0 atom stereocenters. The lowest BCUT2D eigenvalue weighted by atomic mass is 10.1. The number of hydrogen-bond acceptors (Lipinski definition) is 4. The Balaban J connectivity index is 2.17. The van der Waals surface area contributed by atoms with Crippen molar-refractivity contribution in [2.75, 3.05) is 24.5 Å². The van der Waals surface area contributed by atoms with E-state index in [1.54, 1.807) is 12.4 Å². The predicted octanol–water partition coefficient (Wildman–Crippen LogP) is 0.928. The highest BCUT2D eigenvalue weighted by atomic mass is 35.5. The summed E-state index contributed by atoms with van der Waals surface area (Å²) in [6.45, 7) is 5.08. The highest BCUT2D eigenvalue weighted by molar-refractivity contribution is 6.29. The summed E-state index contributed by atoms with van der Waals surface area (Å²) in [4.78, 5) is 10.5. The van der Waals surface area contributed by atoms with E-state index >= 15 is 0 Å². The molecule has 0 unspecified atom stereocenters. The molecule has 1 fully saturated rings. The lowest BCUT2D eigenvalue weighted by Gasteiger charge is -2.38. The molecule has 0 saturated carbocycles. The maximum absolute atomic E-state index is 5.80. The van der Waals surface area contributed by atoms with E-state index in [0.29, 0.717) is 11.2 Å². The van der Waals surface area contributed by atoms with Crippen LogP contribution < -0.4 is 10.2 Å². The van der Waals surface area contributed by atoms with Crippen molar-refractivity contribution in [2.45, 2.75) is 13.0 Å². The number of rotatable bonds is 3. The summed E-state index contributed by atoms with van der Waals surface area (Å²) >= 11 is 5.80. The fourth-order valence-corrected chi connectivity index (χ4v) is 1.72. The predicted molar refractivity (Wildman–Crippen MR) is 56.7 cm³/mol. The average molecular weight is 213 g/mol. The third kappa shape index (κ3) is 1.81. The maximum Gasteiger partial charge on any atom is 0.149 e. The normalized spacial score (nSPS) is 16.4. The van der Waals surface area contributed by atoms with Crippen molar-refractivity contribution < 1.29 is 0 Å². The summed E-state index contributed by atoms with van der Waals surface area (Å²) in [6, 6.07) is 0.535. The summed E-state index contributed by atoms with van der Waals surface area (Å²) < 4.78 is 0. The van der Waals surface area contributed by atoms with Gasteiger partial charge in [-0.2, -0.15) is 0 Å². The lowest BCUT2D eigenvalue weighted by Crippen LogP contribution is -2.57. The van der Waals surface area contributed by atoms with Gasteiger partial charge in [0.05, 0.1) is 18.4 Å². The quantitative estimate of drug-likeness (QED) is 0.810. The molecule has 1 saturated heterocycles. The average Bonchev–Trinajstić information content (AvgIpc) is 2.10. The summed E-state index contributed by atoms with van der Waals surface area (Å²) in [5, 5.41) is 3.69. The van der Waals surface area contributed by atoms with Gasteiger partial charge in [-0.05, 0) is 6.92 Å². The number of nitrogens with zero attached hydrogens (tertiary/aromatic N) is 3. The third-order valence-electron chi connectivity index (χ3n) is 2.43. The molecule has 0 spiro atoms. The summed E-state index contributed by atoms with van der Waals surface area (Å²) in [5.41, 5.74) is 0. The van der Waals surface area contributed by atoms with Crippen LogP contribution in [0, 0.1) is 0 Å². The Morgan fingerprint density at radius 2 is 2.36 bits per heavy atom. The molecule has 1 aromatic rings. The van der Waals surface area contributed by atoms with Gasteiger partial charge in [0, 0.05) is 19.6 Å². The summed E-state index contributed by atoms with van der Waals surface area (Å²) in [5.74, 6) is 0.867. The second kappa shape index (κ2) is 4.11. The number of hydrogen-bond donors (Lipinski definition) is 1. The van der Waals surface area contributed by atoms with Gasteiger partial charge in [-0.1, -0.05) is 11.6 Å². The first-order chi connectivity index (χ1) is 6.81. The van der Waals surface area contributed by atoms with E-state index < -0.39 is 0 Å².